The van der Waals surface area contributed by atoms with Crippen molar-refractivity contribution in [1.29, 1.82) is 0 Å². The van der Waals surface area contributed by atoms with Crippen molar-refractivity contribution < 1.29 is 36.6 Å². The summed E-state index contributed by atoms with van der Waals surface area (Å²) in [5.41, 5.74) is 0.181. The summed E-state index contributed by atoms with van der Waals surface area (Å²) < 4.78 is 66.1. The number of hydrogen-bond donors (Lipinski definition) is 0. The molecule has 0 spiro atoms. The summed E-state index contributed by atoms with van der Waals surface area (Å²) in [5, 5.41) is 0. The number of ether oxygens (including phenoxy) is 2. The van der Waals surface area contributed by atoms with Gasteiger partial charge in [-0.3, -0.25) is 4.79 Å². The molecule has 2 amide bonds. The average molecular weight is 557 g/mol. The fourth-order valence-corrected chi connectivity index (χ4v) is 5.53. The van der Waals surface area contributed by atoms with Crippen molar-refractivity contribution in [1.82, 2.24) is 4.90 Å². The van der Waals surface area contributed by atoms with Gasteiger partial charge in [-0.05, 0) is 48.1 Å². The second kappa shape index (κ2) is 11.2. The quantitative estimate of drug-likeness (QED) is 0.329. The largest absolute Gasteiger partial charge is 0.495 e. The van der Waals surface area contributed by atoms with Gasteiger partial charge in [-0.2, -0.15) is 13.2 Å². The summed E-state index contributed by atoms with van der Waals surface area (Å²) in [6, 6.07) is 15.9. The number of rotatable bonds is 5. The number of amides is 2. The van der Waals surface area contributed by atoms with Crippen LogP contribution in [0.15, 0.2) is 66.7 Å². The van der Waals surface area contributed by atoms with Gasteiger partial charge in [0.1, 0.15) is 18.2 Å². The van der Waals surface area contributed by atoms with Crippen LogP contribution in [-0.2, 0) is 22.3 Å². The number of carbonyl (C=O) groups excluding carboxylic acids is 2. The van der Waals surface area contributed by atoms with Gasteiger partial charge in [-0.25, -0.2) is 9.18 Å². The number of alkyl halides is 3. The number of nitrogens with zero attached hydrogens (tertiary/aromatic N) is 2. The molecule has 0 radical (unpaired) electrons. The first-order valence-corrected chi connectivity index (χ1v) is 13.0. The van der Waals surface area contributed by atoms with Crippen molar-refractivity contribution in [3.8, 4) is 16.9 Å². The zero-order valence-corrected chi connectivity index (χ0v) is 21.8. The van der Waals surface area contributed by atoms with Gasteiger partial charge < -0.3 is 19.3 Å². The Labute approximate surface area is 229 Å². The van der Waals surface area contributed by atoms with Crippen molar-refractivity contribution >= 4 is 17.7 Å². The van der Waals surface area contributed by atoms with Crippen LogP contribution in [0, 0.1) is 11.7 Å². The molecule has 210 valence electrons. The highest BCUT2D eigenvalue weighted by Gasteiger charge is 2.42. The number of fused-ring (bicyclic) bond motifs is 1. The molecule has 2 unspecified atom stereocenters. The molecule has 0 aromatic heterocycles. The molecule has 10 heteroatoms. The number of methoxy groups -OCH3 is 1. The van der Waals surface area contributed by atoms with E-state index in [4.69, 9.17) is 9.47 Å². The molecule has 3 aromatic carbocycles. The van der Waals surface area contributed by atoms with Crippen LogP contribution >= 0.6 is 0 Å². The molecule has 6 nitrogen and oxygen atoms in total. The number of carbonyl (C=O) groups is 2. The van der Waals surface area contributed by atoms with Crippen LogP contribution in [0.25, 0.3) is 11.1 Å². The third-order valence-electron chi connectivity index (χ3n) is 7.52. The highest BCUT2D eigenvalue weighted by Crippen LogP contribution is 2.42. The Morgan fingerprint density at radius 3 is 2.52 bits per heavy atom. The van der Waals surface area contributed by atoms with Crippen LogP contribution in [-0.4, -0.2) is 43.1 Å². The molecule has 0 aliphatic carbocycles. The fraction of sp³-hybridized carbons (Fsp3) is 0.333. The standard InChI is InChI=1S/C30H28F4N2O4/c1-39-27-15-23(20-8-5-9-22(14-20)30(32,33)34)24(31)16-26(27)36-25-12-13-35(17-21(25)10-11-28(36)37)29(38)40-18-19-6-3-2-4-7-19/h2-9,14-16,21,25H,10-13,17-18H2,1H3. The zero-order chi connectivity index (χ0) is 28.4. The van der Waals surface area contributed by atoms with Crippen LogP contribution in [0.4, 0.5) is 28.0 Å². The lowest BCUT2D eigenvalue weighted by Gasteiger charge is -2.46. The van der Waals surface area contributed by atoms with Gasteiger partial charge >= 0.3 is 12.3 Å². The molecule has 2 aliphatic heterocycles. The van der Waals surface area contributed by atoms with Crippen LogP contribution in [0.5, 0.6) is 5.75 Å². The number of benzene rings is 3. The topological polar surface area (TPSA) is 59.1 Å². The zero-order valence-electron chi connectivity index (χ0n) is 21.8. The van der Waals surface area contributed by atoms with Gasteiger partial charge in [0.05, 0.1) is 18.4 Å². The molecule has 0 N–H and O–H groups in total. The molecule has 2 aliphatic rings. The maximum absolute atomic E-state index is 15.4. The van der Waals surface area contributed by atoms with Crippen molar-refractivity contribution in [2.24, 2.45) is 5.92 Å². The second-order valence-corrected chi connectivity index (χ2v) is 9.99. The monoisotopic (exact) mass is 556 g/mol. The fourth-order valence-electron chi connectivity index (χ4n) is 5.53. The normalized spacial score (nSPS) is 19.3. The Kier molecular flexibility index (Phi) is 7.69. The molecule has 0 saturated carbocycles. The highest BCUT2D eigenvalue weighted by molar-refractivity contribution is 5.97. The van der Waals surface area contributed by atoms with E-state index >= 15 is 4.39 Å². The maximum Gasteiger partial charge on any atom is 0.416 e. The van der Waals surface area contributed by atoms with Gasteiger partial charge in [0.2, 0.25) is 5.91 Å². The first-order valence-electron chi connectivity index (χ1n) is 13.0. The van der Waals surface area contributed by atoms with E-state index in [1.165, 1.54) is 30.2 Å². The molecular formula is C30H28F4N2O4. The Bertz CT molecular complexity index is 1400. The molecule has 0 bridgehead atoms. The average Bonchev–Trinajstić information content (AvgIpc) is 2.95. The van der Waals surface area contributed by atoms with E-state index in [1.807, 2.05) is 30.3 Å². The summed E-state index contributed by atoms with van der Waals surface area (Å²) in [6.45, 7) is 0.893. The van der Waals surface area contributed by atoms with Crippen LogP contribution in [0.2, 0.25) is 0 Å². The van der Waals surface area contributed by atoms with E-state index in [0.29, 0.717) is 25.9 Å². The Hall–Kier alpha value is -4.08. The van der Waals surface area contributed by atoms with E-state index in [9.17, 15) is 22.8 Å². The van der Waals surface area contributed by atoms with Gasteiger partial charge in [0.25, 0.3) is 0 Å². The predicted molar refractivity (Wildman–Crippen MR) is 140 cm³/mol. The summed E-state index contributed by atoms with van der Waals surface area (Å²) in [5.74, 6) is -0.864. The lowest BCUT2D eigenvalue weighted by atomic mass is 9.83. The highest BCUT2D eigenvalue weighted by atomic mass is 19.4. The van der Waals surface area contributed by atoms with Crippen molar-refractivity contribution in [3.63, 3.8) is 0 Å². The molecule has 2 fully saturated rings. The van der Waals surface area contributed by atoms with Crippen LogP contribution in [0.1, 0.15) is 30.4 Å². The van der Waals surface area contributed by atoms with Crippen LogP contribution < -0.4 is 9.64 Å². The molecule has 2 atom stereocenters. The smallest absolute Gasteiger partial charge is 0.416 e. The predicted octanol–water partition coefficient (Wildman–Crippen LogP) is 6.67. The molecule has 2 saturated heterocycles. The maximum atomic E-state index is 15.4. The SMILES string of the molecule is COc1cc(-c2cccc(C(F)(F)F)c2)c(F)cc1N1C(=O)CCC2CN(C(=O)OCc3ccccc3)CCC21. The summed E-state index contributed by atoms with van der Waals surface area (Å²) in [4.78, 5) is 29.0. The number of anilines is 1. The van der Waals surface area contributed by atoms with Gasteiger partial charge in [-0.1, -0.05) is 42.5 Å². The van der Waals surface area contributed by atoms with E-state index in [0.717, 1.165) is 23.8 Å². The number of piperidine rings is 2. The minimum atomic E-state index is -4.57. The number of halogens is 4. The van der Waals surface area contributed by atoms with E-state index in [2.05, 4.69) is 0 Å². The van der Waals surface area contributed by atoms with Gasteiger partial charge in [0.15, 0.2) is 0 Å². The van der Waals surface area contributed by atoms with Crippen molar-refractivity contribution in [2.45, 2.75) is 38.1 Å². The molecular weight excluding hydrogens is 528 g/mol. The third-order valence-corrected chi connectivity index (χ3v) is 7.52. The van der Waals surface area contributed by atoms with Crippen molar-refractivity contribution in [3.05, 3.63) is 83.7 Å². The van der Waals surface area contributed by atoms with Gasteiger partial charge in [-0.15, -0.1) is 0 Å². The number of likely N-dealkylation sites (tertiary alicyclic amines) is 1. The third kappa shape index (κ3) is 5.61. The Morgan fingerprint density at radius 1 is 1.02 bits per heavy atom. The Morgan fingerprint density at radius 2 is 1.80 bits per heavy atom. The van der Waals surface area contributed by atoms with Crippen LogP contribution in [0.3, 0.4) is 0 Å². The first kappa shape index (κ1) is 27.5. The summed E-state index contributed by atoms with van der Waals surface area (Å²) >= 11 is 0. The summed E-state index contributed by atoms with van der Waals surface area (Å²) in [6.07, 6.45) is -3.78. The lowest BCUT2D eigenvalue weighted by Crippen LogP contribution is -2.57. The number of hydrogen-bond acceptors (Lipinski definition) is 4. The minimum Gasteiger partial charge on any atom is -0.495 e. The van der Waals surface area contributed by atoms with E-state index in [-0.39, 0.29) is 53.5 Å². The van der Waals surface area contributed by atoms with E-state index in [1.54, 1.807) is 4.90 Å². The molecule has 40 heavy (non-hydrogen) atoms. The van der Waals surface area contributed by atoms with E-state index < -0.39 is 23.7 Å². The molecule has 3 aromatic rings. The van der Waals surface area contributed by atoms with Crippen molar-refractivity contribution in [2.75, 3.05) is 25.1 Å². The summed E-state index contributed by atoms with van der Waals surface area (Å²) in [7, 11) is 1.36. The van der Waals surface area contributed by atoms with Gasteiger partial charge in [0, 0.05) is 37.2 Å². The second-order valence-electron chi connectivity index (χ2n) is 9.99. The lowest BCUT2D eigenvalue weighted by molar-refractivity contribution is -0.137. The molecule has 5 rings (SSSR count). The first-order chi connectivity index (χ1) is 19.2. The molecule has 2 heterocycles. The Balaban J connectivity index is 1.36. The minimum absolute atomic E-state index is 0.0438.